The third kappa shape index (κ3) is 7.04. The number of carbonyl (C=O) groups excluding carboxylic acids is 1. The van der Waals surface area contributed by atoms with Crippen LogP contribution in [0.15, 0.2) is 30.5 Å². The van der Waals surface area contributed by atoms with Crippen molar-refractivity contribution in [3.05, 3.63) is 41.7 Å². The quantitative estimate of drug-likeness (QED) is 0.192. The van der Waals surface area contributed by atoms with Crippen LogP contribution in [-0.2, 0) is 16.1 Å². The van der Waals surface area contributed by atoms with Crippen LogP contribution in [0.1, 0.15) is 28.9 Å². The van der Waals surface area contributed by atoms with Crippen molar-refractivity contribution in [1.29, 1.82) is 0 Å². The van der Waals surface area contributed by atoms with Crippen LogP contribution in [0.2, 0.25) is 0 Å². The molecule has 0 spiro atoms. The molecule has 0 saturated heterocycles. The normalized spacial score (nSPS) is 11.3. The van der Waals surface area contributed by atoms with Crippen molar-refractivity contribution < 1.29 is 76.0 Å². The van der Waals surface area contributed by atoms with Crippen molar-refractivity contribution in [2.45, 2.75) is 25.4 Å². The van der Waals surface area contributed by atoms with Gasteiger partial charge in [-0.2, -0.15) is 9.97 Å². The molecular formula is C20H22KN8O5+. The summed E-state index contributed by atoms with van der Waals surface area (Å²) in [5, 5.41) is 20.2. The van der Waals surface area contributed by atoms with Gasteiger partial charge in [-0.15, -0.1) is 0 Å². The van der Waals surface area contributed by atoms with Crippen LogP contribution >= 0.6 is 0 Å². The summed E-state index contributed by atoms with van der Waals surface area (Å²) in [5.41, 5.74) is 13.7. The fourth-order valence-electron chi connectivity index (χ4n) is 3.03. The molecule has 1 atom stereocenters. The monoisotopic (exact) mass is 493 g/mol. The Morgan fingerprint density at radius 2 is 1.76 bits per heavy atom. The maximum Gasteiger partial charge on any atom is 1.00 e. The van der Waals surface area contributed by atoms with Gasteiger partial charge in [-0.25, -0.2) is 14.8 Å². The van der Waals surface area contributed by atoms with Crippen LogP contribution in [-0.4, -0.2) is 61.1 Å². The number of aliphatic carboxylic acids is 2. The van der Waals surface area contributed by atoms with E-state index in [4.69, 9.17) is 16.6 Å². The maximum atomic E-state index is 12.4. The predicted octanol–water partition coefficient (Wildman–Crippen LogP) is -2.73. The number of hydrogen-bond acceptors (Lipinski definition) is 10. The molecule has 0 bridgehead atoms. The van der Waals surface area contributed by atoms with Gasteiger partial charge < -0.3 is 31.9 Å². The molecule has 14 heteroatoms. The zero-order chi connectivity index (χ0) is 24.1. The first-order chi connectivity index (χ1) is 15.6. The number of benzene rings is 1. The minimum Gasteiger partial charge on any atom is -0.481 e. The van der Waals surface area contributed by atoms with Gasteiger partial charge in [-0.05, 0) is 30.7 Å². The van der Waals surface area contributed by atoms with E-state index in [1.54, 1.807) is 18.3 Å². The number of nitrogens with two attached hydrogens (primary N) is 2. The number of carboxylic acids is 2. The maximum absolute atomic E-state index is 12.4. The summed E-state index contributed by atoms with van der Waals surface area (Å²) in [6.45, 7) is 0.370. The van der Waals surface area contributed by atoms with E-state index in [2.05, 4.69) is 25.3 Å². The van der Waals surface area contributed by atoms with Crippen molar-refractivity contribution in [2.24, 2.45) is 0 Å². The van der Waals surface area contributed by atoms with Crippen LogP contribution in [0.4, 0.5) is 17.5 Å². The summed E-state index contributed by atoms with van der Waals surface area (Å²) in [5.74, 6) is -2.91. The number of nitrogens with one attached hydrogen (secondary N) is 1. The van der Waals surface area contributed by atoms with E-state index in [1.165, 1.54) is 12.1 Å². The molecule has 2 aromatic heterocycles. The Balaban J connectivity index is 0.00000408. The summed E-state index contributed by atoms with van der Waals surface area (Å²) in [6, 6.07) is 5.16. The van der Waals surface area contributed by atoms with Crippen LogP contribution in [0, 0.1) is 0 Å². The number of aromatic nitrogens is 4. The number of fused-ring (bicyclic) bond motifs is 1. The Kier molecular flexibility index (Phi) is 9.63. The molecule has 1 aromatic carbocycles. The molecule has 1 amide bonds. The number of carboxylic acid groups (broad SMARTS) is 2. The van der Waals surface area contributed by atoms with E-state index < -0.39 is 23.9 Å². The molecule has 0 aliphatic heterocycles. The first-order valence-electron chi connectivity index (χ1n) is 9.75. The van der Waals surface area contributed by atoms with Gasteiger partial charge in [0.25, 0.3) is 5.91 Å². The van der Waals surface area contributed by atoms with E-state index >= 15 is 0 Å². The van der Waals surface area contributed by atoms with Gasteiger partial charge in [-0.3, -0.25) is 9.59 Å². The molecule has 7 N–H and O–H groups in total. The molecule has 0 saturated carbocycles. The standard InChI is InChI=1S/C20H22N8O5.K/c1-28(9-11-8-23-17-15(24-11)16(21)26-20(22)27-17)12-4-2-10(3-5-12)18(31)25-13(19(32)33)6-7-14(29)30;/h2-5,8,13H,6-7,9H2,1H3,(H,25,31)(H,29,30)(H,32,33)(H4,21,22,23,26,27);/q;+1/t13-;/m0./s1. The van der Waals surface area contributed by atoms with Gasteiger partial charge in [0.05, 0.1) is 18.4 Å². The van der Waals surface area contributed by atoms with E-state index in [0.717, 1.165) is 5.69 Å². The van der Waals surface area contributed by atoms with Crippen LogP contribution in [0.3, 0.4) is 0 Å². The number of rotatable bonds is 9. The van der Waals surface area contributed by atoms with Crippen molar-refractivity contribution >= 4 is 46.5 Å². The van der Waals surface area contributed by atoms with Gasteiger partial charge in [0, 0.05) is 24.7 Å². The largest absolute Gasteiger partial charge is 1.00 e. The van der Waals surface area contributed by atoms with Crippen molar-refractivity contribution in [3.8, 4) is 0 Å². The van der Waals surface area contributed by atoms with Crippen molar-refractivity contribution in [2.75, 3.05) is 23.4 Å². The van der Waals surface area contributed by atoms with Crippen molar-refractivity contribution in [1.82, 2.24) is 25.3 Å². The molecular weight excluding hydrogens is 471 g/mol. The van der Waals surface area contributed by atoms with Gasteiger partial charge >= 0.3 is 63.3 Å². The average molecular weight is 494 g/mol. The minimum absolute atomic E-state index is 0. The number of nitrogens with zero attached hydrogens (tertiary/aromatic N) is 5. The van der Waals surface area contributed by atoms with E-state index in [-0.39, 0.29) is 81.6 Å². The summed E-state index contributed by atoms with van der Waals surface area (Å²) >= 11 is 0. The second-order valence-electron chi connectivity index (χ2n) is 7.20. The van der Waals surface area contributed by atoms with Gasteiger partial charge in [0.1, 0.15) is 6.04 Å². The Bertz CT molecular complexity index is 1210. The minimum atomic E-state index is -1.30. The summed E-state index contributed by atoms with van der Waals surface area (Å²) < 4.78 is 0. The Morgan fingerprint density at radius 3 is 2.38 bits per heavy atom. The number of carbonyl (C=O) groups is 3. The zero-order valence-electron chi connectivity index (χ0n) is 18.6. The SMILES string of the molecule is CN(Cc1cnc2nc(N)nc(N)c2n1)c1ccc(C(=O)N[C@@H](CCC(=O)O)C(=O)O)cc1.[K+]. The Morgan fingerprint density at radius 1 is 1.09 bits per heavy atom. The summed E-state index contributed by atoms with van der Waals surface area (Å²) in [7, 11) is 1.82. The van der Waals surface area contributed by atoms with E-state index in [1.807, 2.05) is 11.9 Å². The first-order valence-corrected chi connectivity index (χ1v) is 9.75. The molecule has 3 rings (SSSR count). The number of nitrogen functional groups attached to an aromatic ring is 2. The molecule has 172 valence electrons. The van der Waals surface area contributed by atoms with Gasteiger partial charge in [-0.1, -0.05) is 0 Å². The second kappa shape index (κ2) is 12.0. The molecule has 0 aliphatic carbocycles. The third-order valence-electron chi connectivity index (χ3n) is 4.72. The Labute approximate surface area is 236 Å². The molecule has 13 nitrogen and oxygen atoms in total. The second-order valence-corrected chi connectivity index (χ2v) is 7.20. The summed E-state index contributed by atoms with van der Waals surface area (Å²) in [6.07, 6.45) is 0.964. The predicted molar refractivity (Wildman–Crippen MR) is 118 cm³/mol. The fraction of sp³-hybridized carbons (Fsp3) is 0.250. The smallest absolute Gasteiger partial charge is 0.481 e. The molecule has 2 heterocycles. The first kappa shape index (κ1) is 27.3. The van der Waals surface area contributed by atoms with Crippen LogP contribution < -0.4 is 73.1 Å². The number of hydrogen-bond donors (Lipinski definition) is 5. The van der Waals surface area contributed by atoms with Gasteiger partial charge in [0.2, 0.25) is 5.95 Å². The Hall–Kier alpha value is -2.91. The molecule has 0 fully saturated rings. The molecule has 0 radical (unpaired) electrons. The van der Waals surface area contributed by atoms with E-state index in [9.17, 15) is 19.5 Å². The fourth-order valence-corrected chi connectivity index (χ4v) is 3.03. The molecule has 3 aromatic rings. The van der Waals surface area contributed by atoms with Crippen LogP contribution in [0.5, 0.6) is 0 Å². The average Bonchev–Trinajstić information content (AvgIpc) is 2.76. The number of amides is 1. The van der Waals surface area contributed by atoms with Crippen molar-refractivity contribution in [3.63, 3.8) is 0 Å². The molecule has 0 aliphatic rings. The third-order valence-corrected chi connectivity index (χ3v) is 4.72. The molecule has 0 unspecified atom stereocenters. The number of anilines is 3. The van der Waals surface area contributed by atoms with Gasteiger partial charge in [0.15, 0.2) is 17.0 Å². The van der Waals surface area contributed by atoms with Crippen LogP contribution in [0.25, 0.3) is 11.2 Å². The topological polar surface area (TPSA) is 211 Å². The van der Waals surface area contributed by atoms with E-state index in [0.29, 0.717) is 23.4 Å². The summed E-state index contributed by atoms with van der Waals surface area (Å²) in [4.78, 5) is 52.7. The molecule has 34 heavy (non-hydrogen) atoms. The zero-order valence-corrected chi connectivity index (χ0v) is 21.7.